The van der Waals surface area contributed by atoms with Gasteiger partial charge in [-0.1, -0.05) is 6.92 Å². The molecule has 1 rings (SSSR count). The SMILES string of the molecule is CCCn1ccnc1C(O)CNC(C)(C)C. The van der Waals surface area contributed by atoms with Gasteiger partial charge in [-0.2, -0.15) is 0 Å². The molecule has 0 aliphatic heterocycles. The van der Waals surface area contributed by atoms with Gasteiger partial charge in [0.25, 0.3) is 0 Å². The Morgan fingerprint density at radius 1 is 1.50 bits per heavy atom. The molecule has 4 nitrogen and oxygen atoms in total. The lowest BCUT2D eigenvalue weighted by Crippen LogP contribution is -2.39. The number of aryl methyl sites for hydroxylation is 1. The second-order valence-electron chi connectivity index (χ2n) is 5.13. The third-order valence-corrected chi connectivity index (χ3v) is 2.34. The molecule has 1 heterocycles. The lowest BCUT2D eigenvalue weighted by molar-refractivity contribution is 0.150. The first-order valence-electron chi connectivity index (χ1n) is 5.88. The molecule has 0 radical (unpaired) electrons. The van der Waals surface area contributed by atoms with E-state index in [0.717, 1.165) is 18.8 Å². The molecular formula is C12H23N3O. The molecule has 0 aromatic carbocycles. The highest BCUT2D eigenvalue weighted by molar-refractivity contribution is 4.97. The summed E-state index contributed by atoms with van der Waals surface area (Å²) in [6, 6.07) is 0. The van der Waals surface area contributed by atoms with Crippen molar-refractivity contribution in [3.8, 4) is 0 Å². The van der Waals surface area contributed by atoms with Gasteiger partial charge in [-0.25, -0.2) is 4.98 Å². The van der Waals surface area contributed by atoms with E-state index in [1.807, 2.05) is 10.8 Å². The zero-order valence-corrected chi connectivity index (χ0v) is 10.7. The van der Waals surface area contributed by atoms with Crippen molar-refractivity contribution in [2.75, 3.05) is 6.54 Å². The Bertz CT molecular complexity index is 314. The largest absolute Gasteiger partial charge is 0.384 e. The minimum atomic E-state index is -0.541. The van der Waals surface area contributed by atoms with Crippen LogP contribution in [0.5, 0.6) is 0 Å². The molecule has 1 aromatic rings. The van der Waals surface area contributed by atoms with Gasteiger partial charge in [-0.3, -0.25) is 0 Å². The Morgan fingerprint density at radius 3 is 2.75 bits per heavy atom. The maximum Gasteiger partial charge on any atom is 0.138 e. The maximum absolute atomic E-state index is 10.0. The van der Waals surface area contributed by atoms with Crippen LogP contribution >= 0.6 is 0 Å². The number of nitrogens with zero attached hydrogens (tertiary/aromatic N) is 2. The number of aliphatic hydroxyl groups excluding tert-OH is 1. The molecule has 0 aliphatic carbocycles. The average molecular weight is 225 g/mol. The van der Waals surface area contributed by atoms with Gasteiger partial charge in [0.05, 0.1) is 0 Å². The van der Waals surface area contributed by atoms with Crippen LogP contribution in [0.2, 0.25) is 0 Å². The van der Waals surface area contributed by atoms with Gasteiger partial charge >= 0.3 is 0 Å². The van der Waals surface area contributed by atoms with Crippen LogP contribution in [0.25, 0.3) is 0 Å². The fourth-order valence-corrected chi connectivity index (χ4v) is 1.54. The Kier molecular flexibility index (Phi) is 4.50. The zero-order chi connectivity index (χ0) is 12.2. The number of nitrogens with one attached hydrogen (secondary N) is 1. The highest BCUT2D eigenvalue weighted by Gasteiger charge is 2.16. The number of imidazole rings is 1. The summed E-state index contributed by atoms with van der Waals surface area (Å²) in [5.41, 5.74) is 0.0170. The van der Waals surface area contributed by atoms with Crippen LogP contribution in [-0.4, -0.2) is 26.7 Å². The van der Waals surface area contributed by atoms with Crippen molar-refractivity contribution >= 4 is 0 Å². The first-order valence-corrected chi connectivity index (χ1v) is 5.88. The topological polar surface area (TPSA) is 50.1 Å². The first kappa shape index (κ1) is 13.2. The normalized spacial score (nSPS) is 14.1. The van der Waals surface area contributed by atoms with E-state index in [2.05, 4.69) is 38.0 Å². The molecule has 1 aromatic heterocycles. The van der Waals surface area contributed by atoms with Crippen LogP contribution in [0.3, 0.4) is 0 Å². The summed E-state index contributed by atoms with van der Waals surface area (Å²) in [7, 11) is 0. The molecule has 0 aliphatic rings. The van der Waals surface area contributed by atoms with E-state index < -0.39 is 6.10 Å². The van der Waals surface area contributed by atoms with Crippen LogP contribution in [0.1, 0.15) is 46.0 Å². The van der Waals surface area contributed by atoms with Crippen LogP contribution in [0, 0.1) is 0 Å². The lowest BCUT2D eigenvalue weighted by atomic mass is 10.1. The fraction of sp³-hybridized carbons (Fsp3) is 0.750. The predicted molar refractivity (Wildman–Crippen MR) is 65.2 cm³/mol. The summed E-state index contributed by atoms with van der Waals surface area (Å²) in [6.45, 7) is 9.80. The summed E-state index contributed by atoms with van der Waals surface area (Å²) in [5, 5.41) is 13.3. The number of rotatable bonds is 5. The summed E-state index contributed by atoms with van der Waals surface area (Å²) in [5.74, 6) is 0.749. The molecule has 0 saturated carbocycles. The molecule has 0 spiro atoms. The third kappa shape index (κ3) is 3.94. The minimum absolute atomic E-state index is 0.0170. The summed E-state index contributed by atoms with van der Waals surface area (Å²) in [6.07, 6.45) is 4.16. The Balaban J connectivity index is 2.58. The monoisotopic (exact) mass is 225 g/mol. The Hall–Kier alpha value is -0.870. The van der Waals surface area contributed by atoms with Gasteiger partial charge in [-0.05, 0) is 27.2 Å². The van der Waals surface area contributed by atoms with Crippen LogP contribution in [0.15, 0.2) is 12.4 Å². The molecule has 0 amide bonds. The van der Waals surface area contributed by atoms with Crippen molar-refractivity contribution < 1.29 is 5.11 Å². The smallest absolute Gasteiger partial charge is 0.138 e. The Labute approximate surface area is 97.7 Å². The van der Waals surface area contributed by atoms with E-state index in [-0.39, 0.29) is 5.54 Å². The molecule has 0 fully saturated rings. The average Bonchev–Trinajstić information content (AvgIpc) is 2.62. The molecule has 1 unspecified atom stereocenters. The molecule has 92 valence electrons. The van der Waals surface area contributed by atoms with Crippen LogP contribution in [0.4, 0.5) is 0 Å². The molecule has 1 atom stereocenters. The van der Waals surface area contributed by atoms with Crippen molar-refractivity contribution in [1.82, 2.24) is 14.9 Å². The third-order valence-electron chi connectivity index (χ3n) is 2.34. The number of β-amino-alcohol motifs (C(OH)–C–C–N with tert-alkyl or cyclic N) is 1. The molecule has 2 N–H and O–H groups in total. The van der Waals surface area contributed by atoms with Gasteiger partial charge < -0.3 is 15.0 Å². The molecule has 0 bridgehead atoms. The quantitative estimate of drug-likeness (QED) is 0.802. The first-order chi connectivity index (χ1) is 7.44. The van der Waals surface area contributed by atoms with Gasteiger partial charge in [0.1, 0.15) is 11.9 Å². The zero-order valence-electron chi connectivity index (χ0n) is 10.7. The van der Waals surface area contributed by atoms with Gasteiger partial charge in [0, 0.05) is 31.0 Å². The van der Waals surface area contributed by atoms with Crippen molar-refractivity contribution in [3.63, 3.8) is 0 Å². The number of aromatic nitrogens is 2. The van der Waals surface area contributed by atoms with Crippen LogP contribution < -0.4 is 5.32 Å². The van der Waals surface area contributed by atoms with E-state index in [1.165, 1.54) is 0 Å². The second kappa shape index (κ2) is 5.46. The summed E-state index contributed by atoms with van der Waals surface area (Å²) in [4.78, 5) is 4.21. The van der Waals surface area contributed by atoms with E-state index in [1.54, 1.807) is 6.20 Å². The van der Waals surface area contributed by atoms with Gasteiger partial charge in [0.15, 0.2) is 0 Å². The minimum Gasteiger partial charge on any atom is -0.384 e. The summed E-state index contributed by atoms with van der Waals surface area (Å²) >= 11 is 0. The molecule has 16 heavy (non-hydrogen) atoms. The molecular weight excluding hydrogens is 202 g/mol. The number of aliphatic hydroxyl groups is 1. The van der Waals surface area contributed by atoms with Crippen molar-refractivity contribution in [1.29, 1.82) is 0 Å². The van der Waals surface area contributed by atoms with Crippen molar-refractivity contribution in [3.05, 3.63) is 18.2 Å². The van der Waals surface area contributed by atoms with E-state index in [9.17, 15) is 5.11 Å². The fourth-order valence-electron chi connectivity index (χ4n) is 1.54. The van der Waals surface area contributed by atoms with Gasteiger partial charge in [0.2, 0.25) is 0 Å². The van der Waals surface area contributed by atoms with Crippen molar-refractivity contribution in [2.24, 2.45) is 0 Å². The highest BCUT2D eigenvalue weighted by atomic mass is 16.3. The maximum atomic E-state index is 10.0. The molecule has 0 saturated heterocycles. The Morgan fingerprint density at radius 2 is 2.19 bits per heavy atom. The van der Waals surface area contributed by atoms with Crippen LogP contribution in [-0.2, 0) is 6.54 Å². The second-order valence-corrected chi connectivity index (χ2v) is 5.13. The van der Waals surface area contributed by atoms with Crippen molar-refractivity contribution in [2.45, 2.75) is 52.3 Å². The van der Waals surface area contributed by atoms with Gasteiger partial charge in [-0.15, -0.1) is 0 Å². The predicted octanol–water partition coefficient (Wildman–Crippen LogP) is 1.71. The van der Waals surface area contributed by atoms with E-state index in [0.29, 0.717) is 6.54 Å². The highest BCUT2D eigenvalue weighted by Crippen LogP contribution is 2.11. The molecule has 4 heteroatoms. The standard InChI is InChI=1S/C12H23N3O/c1-5-7-15-8-6-13-11(15)10(16)9-14-12(2,3)4/h6,8,10,14,16H,5,7,9H2,1-4H3. The number of hydrogen-bond acceptors (Lipinski definition) is 3. The number of hydrogen-bond donors (Lipinski definition) is 2. The summed E-state index contributed by atoms with van der Waals surface area (Å²) < 4.78 is 2.01. The van der Waals surface area contributed by atoms with E-state index in [4.69, 9.17) is 0 Å². The van der Waals surface area contributed by atoms with E-state index >= 15 is 0 Å². The lowest BCUT2D eigenvalue weighted by Gasteiger charge is -2.23.